The summed E-state index contributed by atoms with van der Waals surface area (Å²) < 4.78 is 31.1. The minimum Gasteiger partial charge on any atom is -0.210 e. The van der Waals surface area contributed by atoms with Crippen molar-refractivity contribution in [1.82, 2.24) is 0 Å². The minimum absolute atomic E-state index is 2.09. The van der Waals surface area contributed by atoms with Gasteiger partial charge < -0.3 is 0 Å². The van der Waals surface area contributed by atoms with Crippen LogP contribution in [0.2, 0.25) is 0 Å². The summed E-state index contributed by atoms with van der Waals surface area (Å²) in [6.45, 7) is 0. The van der Waals surface area contributed by atoms with E-state index in [2.05, 4.69) is 43.5 Å². The van der Waals surface area contributed by atoms with Crippen LogP contribution in [0.25, 0.3) is 0 Å². The van der Waals surface area contributed by atoms with E-state index in [-0.39, 0.29) is 0 Å². The minimum atomic E-state index is -4.02. The molecule has 0 aromatic heterocycles. The quantitative estimate of drug-likeness (QED) is 0.641. The topological polar surface area (TPSA) is 0 Å². The lowest BCUT2D eigenvalue weighted by molar-refractivity contribution is 0.0608. The van der Waals surface area contributed by atoms with Crippen LogP contribution in [0.3, 0.4) is 0 Å². The molecule has 0 rings (SSSR count). The number of hydrogen-bond acceptors (Lipinski definition) is 0. The standard InChI is InChI=1S/C3Br2Cl3F3/c4-1(6,2(5,7)9)3(8,10)11. The van der Waals surface area contributed by atoms with Crippen LogP contribution in [-0.2, 0) is 0 Å². The first kappa shape index (κ1) is 12.6. The second-order valence-corrected chi connectivity index (χ2v) is 6.33. The highest BCUT2D eigenvalue weighted by Crippen LogP contribution is 2.56. The van der Waals surface area contributed by atoms with Crippen LogP contribution in [-0.4, -0.2) is 13.2 Å². The summed E-state index contributed by atoms with van der Waals surface area (Å²) in [5.41, 5.74) is 0. The molecule has 0 nitrogen and oxygen atoms in total. The zero-order chi connectivity index (χ0) is 9.50. The van der Waals surface area contributed by atoms with E-state index >= 15 is 0 Å². The van der Waals surface area contributed by atoms with Crippen molar-refractivity contribution < 1.29 is 13.2 Å². The van der Waals surface area contributed by atoms with Crippen LogP contribution in [0, 0.1) is 0 Å². The third kappa shape index (κ3) is 2.79. The Morgan fingerprint density at radius 1 is 0.909 bits per heavy atom. The van der Waals surface area contributed by atoms with E-state index < -0.39 is 13.2 Å². The molecule has 0 heterocycles. The zero-order valence-electron chi connectivity index (χ0n) is 4.52. The van der Waals surface area contributed by atoms with Crippen LogP contribution in [0.15, 0.2) is 0 Å². The van der Waals surface area contributed by atoms with Gasteiger partial charge in [0.1, 0.15) is 0 Å². The van der Waals surface area contributed by atoms with Gasteiger partial charge in [0.05, 0.1) is 0 Å². The average molecular weight is 359 g/mol. The molecule has 0 aromatic rings. The van der Waals surface area contributed by atoms with E-state index in [0.717, 1.165) is 0 Å². The lowest BCUT2D eigenvalue weighted by Crippen LogP contribution is -2.44. The second-order valence-electron chi connectivity index (χ2n) is 1.57. The maximum atomic E-state index is 12.6. The summed E-state index contributed by atoms with van der Waals surface area (Å²) >= 11 is 18.5. The van der Waals surface area contributed by atoms with Crippen molar-refractivity contribution in [2.45, 2.75) is 13.2 Å². The first-order valence-corrected chi connectivity index (χ1v) is 4.73. The molecule has 0 N–H and O–H groups in total. The molecule has 11 heavy (non-hydrogen) atoms. The van der Waals surface area contributed by atoms with Crippen LogP contribution < -0.4 is 0 Å². The lowest BCUT2D eigenvalue weighted by atomic mass is 10.5. The van der Waals surface area contributed by atoms with E-state index in [1.807, 2.05) is 0 Å². The van der Waals surface area contributed by atoms with Gasteiger partial charge in [-0.3, -0.25) is 0 Å². The van der Waals surface area contributed by atoms with Crippen molar-refractivity contribution in [2.75, 3.05) is 0 Å². The molecule has 68 valence electrons. The highest BCUT2D eigenvalue weighted by atomic mass is 79.9. The first-order valence-electron chi connectivity index (χ1n) is 2.01. The van der Waals surface area contributed by atoms with E-state index in [9.17, 15) is 13.2 Å². The maximum Gasteiger partial charge on any atom is 0.355 e. The highest BCUT2D eigenvalue weighted by Gasteiger charge is 2.63. The van der Waals surface area contributed by atoms with Gasteiger partial charge in [-0.05, 0) is 27.5 Å². The van der Waals surface area contributed by atoms with Gasteiger partial charge in [0.25, 0.3) is 4.04 Å². The van der Waals surface area contributed by atoms with Gasteiger partial charge in [0.15, 0.2) is 0 Å². The summed E-state index contributed by atoms with van der Waals surface area (Å²) in [6, 6.07) is 0. The molecule has 0 radical (unpaired) electrons. The van der Waals surface area contributed by atoms with Crippen molar-refractivity contribution in [3.05, 3.63) is 0 Å². The first-order chi connectivity index (χ1) is 4.50. The smallest absolute Gasteiger partial charge is 0.210 e. The molecule has 0 saturated heterocycles. The fourth-order valence-corrected chi connectivity index (χ4v) is 0.821. The van der Waals surface area contributed by atoms with Crippen LogP contribution in [0.5, 0.6) is 0 Å². The van der Waals surface area contributed by atoms with E-state index in [1.54, 1.807) is 0 Å². The fraction of sp³-hybridized carbons (Fsp3) is 1.00. The number of rotatable bonds is 2. The van der Waals surface area contributed by atoms with Crippen molar-refractivity contribution >= 4 is 66.7 Å². The number of alkyl halides is 8. The molecule has 2 atom stereocenters. The zero-order valence-corrected chi connectivity index (χ0v) is 9.96. The largest absolute Gasteiger partial charge is 0.355 e. The summed E-state index contributed by atoms with van der Waals surface area (Å²) in [4.78, 5) is 0. The normalized spacial score (nSPS) is 24.0. The molecule has 0 aliphatic heterocycles. The predicted molar refractivity (Wildman–Crippen MR) is 46.9 cm³/mol. The Kier molecular flexibility index (Phi) is 3.91. The molecule has 8 heteroatoms. The van der Waals surface area contributed by atoms with Crippen molar-refractivity contribution in [3.63, 3.8) is 0 Å². The van der Waals surface area contributed by atoms with Crippen molar-refractivity contribution in [1.29, 1.82) is 0 Å². The Morgan fingerprint density at radius 2 is 1.18 bits per heavy atom. The Morgan fingerprint density at radius 3 is 1.18 bits per heavy atom. The van der Waals surface area contributed by atoms with Crippen molar-refractivity contribution in [2.24, 2.45) is 0 Å². The van der Waals surface area contributed by atoms with Gasteiger partial charge in [0.2, 0.25) is 3.78 Å². The molecule has 0 aliphatic carbocycles. The highest BCUT2D eigenvalue weighted by molar-refractivity contribution is 9.13. The Hall–Kier alpha value is 1.62. The van der Waals surface area contributed by atoms with Crippen LogP contribution >= 0.6 is 66.7 Å². The fourth-order valence-electron chi connectivity index (χ4n) is 0.161. The molecule has 0 fully saturated rings. The molecule has 0 spiro atoms. The van der Waals surface area contributed by atoms with E-state index in [1.165, 1.54) is 0 Å². The summed E-state index contributed by atoms with van der Waals surface area (Å²) in [6.07, 6.45) is 0. The molecule has 2 unspecified atom stereocenters. The third-order valence-corrected chi connectivity index (χ3v) is 4.83. The number of halogens is 8. The van der Waals surface area contributed by atoms with Gasteiger partial charge >= 0.3 is 5.38 Å². The van der Waals surface area contributed by atoms with Crippen LogP contribution in [0.4, 0.5) is 13.2 Å². The second kappa shape index (κ2) is 3.40. The Balaban J connectivity index is 4.75. The molecule has 0 aromatic carbocycles. The van der Waals surface area contributed by atoms with E-state index in [0.29, 0.717) is 0 Å². The van der Waals surface area contributed by atoms with Gasteiger partial charge in [-0.25, -0.2) is 4.39 Å². The summed E-state index contributed by atoms with van der Waals surface area (Å²) in [7, 11) is 0. The monoisotopic (exact) mass is 356 g/mol. The van der Waals surface area contributed by atoms with Crippen molar-refractivity contribution in [3.8, 4) is 0 Å². The predicted octanol–water partition coefficient (Wildman–Crippen LogP) is 4.41. The van der Waals surface area contributed by atoms with Gasteiger partial charge in [0, 0.05) is 0 Å². The SMILES string of the molecule is FC(F)(Cl)C(Cl)(Br)C(F)(Cl)Br. The molecule has 0 amide bonds. The molecule has 0 bridgehead atoms. The van der Waals surface area contributed by atoms with Crippen LogP contribution in [0.1, 0.15) is 0 Å². The van der Waals surface area contributed by atoms with E-state index in [4.69, 9.17) is 23.2 Å². The molecular formula is C3Br2Cl3F3. The Bertz CT molecular complexity index is 133. The summed E-state index contributed by atoms with van der Waals surface area (Å²) in [5, 5.41) is -4.02. The molecular weight excluding hydrogens is 359 g/mol. The van der Waals surface area contributed by atoms with Gasteiger partial charge in [-0.2, -0.15) is 8.78 Å². The molecule has 0 aliphatic rings. The average Bonchev–Trinajstić information content (AvgIpc) is 1.58. The van der Waals surface area contributed by atoms with Gasteiger partial charge in [-0.1, -0.05) is 39.1 Å². The molecule has 0 saturated carbocycles. The maximum absolute atomic E-state index is 12.6. The lowest BCUT2D eigenvalue weighted by Gasteiger charge is -2.29. The number of hydrogen-bond donors (Lipinski definition) is 0. The third-order valence-electron chi connectivity index (χ3n) is 0.712. The Labute approximate surface area is 92.6 Å². The summed E-state index contributed by atoms with van der Waals surface area (Å²) in [5.74, 6) is 0. The van der Waals surface area contributed by atoms with Gasteiger partial charge in [-0.15, -0.1) is 0 Å².